The lowest BCUT2D eigenvalue weighted by molar-refractivity contribution is 0.356. The molecule has 14 heavy (non-hydrogen) atoms. The van der Waals surface area contributed by atoms with Gasteiger partial charge in [-0.3, -0.25) is 0 Å². The Kier molecular flexibility index (Phi) is 4.59. The molecule has 1 aromatic heterocycles. The van der Waals surface area contributed by atoms with Gasteiger partial charge in [-0.2, -0.15) is 0 Å². The van der Waals surface area contributed by atoms with Crippen molar-refractivity contribution in [2.45, 2.75) is 44.9 Å². The molecule has 0 saturated heterocycles. The molecule has 0 aromatic carbocycles. The van der Waals surface area contributed by atoms with Crippen molar-refractivity contribution in [3.63, 3.8) is 0 Å². The van der Waals surface area contributed by atoms with E-state index in [1.165, 1.54) is 39.2 Å². The number of rotatable bonds is 1. The third-order valence-electron chi connectivity index (χ3n) is 2.50. The molecular formula is C10H19N3O. The fourth-order valence-corrected chi connectivity index (χ4v) is 1.83. The zero-order chi connectivity index (χ0) is 10.4. The Balaban J connectivity index is 0.000000461. The molecule has 1 heterocycles. The number of nitrogens with zero attached hydrogens (tertiary/aromatic N) is 2. The molecule has 4 heteroatoms. The van der Waals surface area contributed by atoms with Gasteiger partial charge in [-0.1, -0.05) is 19.3 Å². The van der Waals surface area contributed by atoms with Crippen LogP contribution in [0.5, 0.6) is 0 Å². The van der Waals surface area contributed by atoms with Crippen molar-refractivity contribution in [1.82, 2.24) is 10.2 Å². The van der Waals surface area contributed by atoms with Crippen molar-refractivity contribution in [3.8, 4) is 0 Å². The van der Waals surface area contributed by atoms with Gasteiger partial charge in [0.1, 0.15) is 0 Å². The summed E-state index contributed by atoms with van der Waals surface area (Å²) in [6.07, 6.45) is 6.44. The highest BCUT2D eigenvalue weighted by molar-refractivity contribution is 4.92. The predicted molar refractivity (Wildman–Crippen MR) is 55.0 cm³/mol. The minimum absolute atomic E-state index is 0.542. The van der Waals surface area contributed by atoms with Gasteiger partial charge in [-0.25, -0.2) is 0 Å². The van der Waals surface area contributed by atoms with Gasteiger partial charge < -0.3 is 10.2 Å². The van der Waals surface area contributed by atoms with Crippen molar-refractivity contribution in [1.29, 1.82) is 0 Å². The smallest absolute Gasteiger partial charge is 0.219 e. The first-order valence-corrected chi connectivity index (χ1v) is 5.24. The van der Waals surface area contributed by atoms with Gasteiger partial charge in [-0.05, 0) is 19.9 Å². The molecule has 1 saturated carbocycles. The van der Waals surface area contributed by atoms with Gasteiger partial charge in [0, 0.05) is 12.8 Å². The van der Waals surface area contributed by atoms with Crippen molar-refractivity contribution in [3.05, 3.63) is 11.8 Å². The second-order valence-electron chi connectivity index (χ2n) is 3.49. The van der Waals surface area contributed by atoms with Crippen molar-refractivity contribution < 1.29 is 4.42 Å². The zero-order valence-electron chi connectivity index (χ0n) is 8.99. The van der Waals surface area contributed by atoms with Crippen LogP contribution in [0.25, 0.3) is 0 Å². The second kappa shape index (κ2) is 5.75. The summed E-state index contributed by atoms with van der Waals surface area (Å²) in [7, 11) is 1.50. The van der Waals surface area contributed by atoms with E-state index < -0.39 is 0 Å². The molecule has 0 radical (unpaired) electrons. The van der Waals surface area contributed by atoms with Crippen LogP contribution in [-0.4, -0.2) is 17.2 Å². The second-order valence-corrected chi connectivity index (χ2v) is 3.49. The normalized spacial score (nSPS) is 17.4. The highest BCUT2D eigenvalue weighted by Crippen LogP contribution is 2.31. The quantitative estimate of drug-likeness (QED) is 0.747. The predicted octanol–water partition coefficient (Wildman–Crippen LogP) is 2.00. The van der Waals surface area contributed by atoms with Gasteiger partial charge in [-0.15, -0.1) is 10.2 Å². The molecule has 1 fully saturated rings. The number of aromatic nitrogens is 2. The molecule has 0 bridgehead atoms. The van der Waals surface area contributed by atoms with E-state index >= 15 is 0 Å². The third kappa shape index (κ3) is 2.80. The Morgan fingerprint density at radius 1 is 1.14 bits per heavy atom. The summed E-state index contributed by atoms with van der Waals surface area (Å²) < 4.78 is 5.40. The summed E-state index contributed by atoms with van der Waals surface area (Å²) in [6.45, 7) is 1.85. The Bertz CT molecular complexity index is 254. The number of hydrogen-bond acceptors (Lipinski definition) is 4. The van der Waals surface area contributed by atoms with E-state index in [-0.39, 0.29) is 0 Å². The molecule has 1 aliphatic carbocycles. The van der Waals surface area contributed by atoms with Crippen LogP contribution in [0, 0.1) is 6.92 Å². The van der Waals surface area contributed by atoms with Gasteiger partial charge in [0.25, 0.3) is 0 Å². The van der Waals surface area contributed by atoms with E-state index in [1.807, 2.05) is 6.92 Å². The molecule has 0 aliphatic heterocycles. The Labute approximate surface area is 84.9 Å². The molecule has 2 rings (SSSR count). The third-order valence-corrected chi connectivity index (χ3v) is 2.50. The zero-order valence-corrected chi connectivity index (χ0v) is 8.99. The maximum absolute atomic E-state index is 5.40. The number of nitrogens with two attached hydrogens (primary N) is 1. The molecule has 2 N–H and O–H groups in total. The maximum atomic E-state index is 5.40. The average Bonchev–Trinajstić information content (AvgIpc) is 2.69. The van der Waals surface area contributed by atoms with E-state index in [9.17, 15) is 0 Å². The molecular weight excluding hydrogens is 178 g/mol. The lowest BCUT2D eigenvalue weighted by Crippen LogP contribution is -2.04. The average molecular weight is 197 g/mol. The molecule has 4 nitrogen and oxygen atoms in total. The Hall–Kier alpha value is -0.900. The van der Waals surface area contributed by atoms with Crippen LogP contribution < -0.4 is 5.73 Å². The van der Waals surface area contributed by atoms with Crippen LogP contribution in [0.15, 0.2) is 4.42 Å². The van der Waals surface area contributed by atoms with E-state index in [2.05, 4.69) is 15.9 Å². The fraction of sp³-hybridized carbons (Fsp3) is 0.800. The summed E-state index contributed by atoms with van der Waals surface area (Å²) in [5.74, 6) is 2.09. The van der Waals surface area contributed by atoms with Crippen LogP contribution in [0.2, 0.25) is 0 Å². The fourth-order valence-electron chi connectivity index (χ4n) is 1.83. The monoisotopic (exact) mass is 197 g/mol. The van der Waals surface area contributed by atoms with Crippen LogP contribution >= 0.6 is 0 Å². The van der Waals surface area contributed by atoms with Gasteiger partial charge in [0.05, 0.1) is 0 Å². The molecule has 1 aromatic rings. The topological polar surface area (TPSA) is 64.9 Å². The van der Waals surface area contributed by atoms with E-state index in [1.54, 1.807) is 0 Å². The summed E-state index contributed by atoms with van der Waals surface area (Å²) in [4.78, 5) is 0. The van der Waals surface area contributed by atoms with Crippen molar-refractivity contribution in [2.24, 2.45) is 5.73 Å². The van der Waals surface area contributed by atoms with E-state index in [0.717, 1.165) is 5.89 Å². The van der Waals surface area contributed by atoms with Crippen LogP contribution in [0.3, 0.4) is 0 Å². The van der Waals surface area contributed by atoms with Crippen molar-refractivity contribution >= 4 is 0 Å². The Morgan fingerprint density at radius 2 is 1.79 bits per heavy atom. The molecule has 1 aliphatic rings. The molecule has 0 atom stereocenters. The van der Waals surface area contributed by atoms with Crippen LogP contribution in [0.4, 0.5) is 0 Å². The van der Waals surface area contributed by atoms with Crippen LogP contribution in [-0.2, 0) is 0 Å². The SMILES string of the molecule is CN.Cc1nnc(C2CCCCC2)o1. The van der Waals surface area contributed by atoms with Crippen LogP contribution in [0.1, 0.15) is 49.8 Å². The Morgan fingerprint density at radius 3 is 2.29 bits per heavy atom. The highest BCUT2D eigenvalue weighted by Gasteiger charge is 2.20. The van der Waals surface area contributed by atoms with Crippen molar-refractivity contribution in [2.75, 3.05) is 7.05 Å². The van der Waals surface area contributed by atoms with Gasteiger partial charge in [0.15, 0.2) is 0 Å². The van der Waals surface area contributed by atoms with Gasteiger partial charge in [0.2, 0.25) is 11.8 Å². The van der Waals surface area contributed by atoms with E-state index in [0.29, 0.717) is 11.8 Å². The number of hydrogen-bond donors (Lipinski definition) is 1. The minimum Gasteiger partial charge on any atom is -0.425 e. The first-order valence-electron chi connectivity index (χ1n) is 5.24. The minimum atomic E-state index is 0.542. The maximum Gasteiger partial charge on any atom is 0.219 e. The standard InChI is InChI=1S/C9H14N2O.CH5N/c1-7-10-11-9(12-7)8-5-3-2-4-6-8;1-2/h8H,2-6H2,1H3;2H2,1H3. The lowest BCUT2D eigenvalue weighted by Gasteiger charge is -2.17. The summed E-state index contributed by atoms with van der Waals surface area (Å²) >= 11 is 0. The first kappa shape index (κ1) is 11.2. The molecule has 0 unspecified atom stereocenters. The highest BCUT2D eigenvalue weighted by atomic mass is 16.4. The first-order chi connectivity index (χ1) is 6.86. The largest absolute Gasteiger partial charge is 0.425 e. The lowest BCUT2D eigenvalue weighted by atomic mass is 9.89. The molecule has 0 amide bonds. The summed E-state index contributed by atoms with van der Waals surface area (Å²) in [5, 5.41) is 7.90. The van der Waals surface area contributed by atoms with E-state index in [4.69, 9.17) is 4.42 Å². The molecule has 0 spiro atoms. The summed E-state index contributed by atoms with van der Waals surface area (Å²) in [6, 6.07) is 0. The number of aryl methyl sites for hydroxylation is 1. The summed E-state index contributed by atoms with van der Waals surface area (Å²) in [5.41, 5.74) is 4.50. The molecule has 80 valence electrons. The van der Waals surface area contributed by atoms with Gasteiger partial charge >= 0.3 is 0 Å².